The smallest absolute Gasteiger partial charge is 0.481 e. The number of aryl methyl sites for hydroxylation is 2. The number of hydrogen-bond acceptors (Lipinski definition) is 3. The molecule has 0 saturated heterocycles. The molecular formula is C31H41F3N2O3. The highest BCUT2D eigenvalue weighted by atomic mass is 19.4. The summed E-state index contributed by atoms with van der Waals surface area (Å²) in [6.07, 6.45) is 1.63. The molecule has 1 saturated carbocycles. The number of alkyl halides is 3. The molecule has 3 atom stereocenters. The monoisotopic (exact) mass is 546 g/mol. The van der Waals surface area contributed by atoms with Gasteiger partial charge in [0.05, 0.1) is 12.1 Å². The molecule has 1 aliphatic carbocycles. The number of aliphatic imine (C=N–C) groups is 1. The molecule has 8 heteroatoms. The lowest BCUT2D eigenvalue weighted by molar-refractivity contribution is -0.274. The van der Waals surface area contributed by atoms with Gasteiger partial charge in [0.25, 0.3) is 0 Å². The van der Waals surface area contributed by atoms with Crippen LogP contribution in [0.15, 0.2) is 41.4 Å². The zero-order valence-electron chi connectivity index (χ0n) is 23.6. The molecule has 0 bridgehead atoms. The number of aliphatic carboxylic acids is 1. The number of anilines is 1. The van der Waals surface area contributed by atoms with Crippen LogP contribution in [0.25, 0.3) is 0 Å². The molecule has 0 spiro atoms. The lowest BCUT2D eigenvalue weighted by atomic mass is 9.68. The topological polar surface area (TPSA) is 70.9 Å². The second-order valence-electron chi connectivity index (χ2n) is 11.4. The molecule has 5 nitrogen and oxygen atoms in total. The Hall–Kier alpha value is -3.03. The van der Waals surface area contributed by atoms with E-state index in [0.717, 1.165) is 29.9 Å². The van der Waals surface area contributed by atoms with Crippen molar-refractivity contribution in [1.82, 2.24) is 0 Å². The molecule has 1 aliphatic rings. The van der Waals surface area contributed by atoms with Gasteiger partial charge in [-0.05, 0) is 110 Å². The third-order valence-electron chi connectivity index (χ3n) is 7.78. The van der Waals surface area contributed by atoms with Crippen LogP contribution in [0.4, 0.5) is 24.5 Å². The molecule has 39 heavy (non-hydrogen) atoms. The summed E-state index contributed by atoms with van der Waals surface area (Å²) in [7, 11) is 0. The highest BCUT2D eigenvalue weighted by Gasteiger charge is 2.31. The summed E-state index contributed by atoms with van der Waals surface area (Å²) in [4.78, 5) is 16.3. The predicted molar refractivity (Wildman–Crippen MR) is 150 cm³/mol. The number of halogens is 3. The summed E-state index contributed by atoms with van der Waals surface area (Å²) in [5, 5.41) is 12.6. The third kappa shape index (κ3) is 9.59. The number of nitrogens with one attached hydrogen (secondary N) is 1. The molecule has 1 unspecified atom stereocenters. The number of ether oxygens (including phenoxy) is 1. The number of carboxylic acid groups (broad SMARTS) is 1. The molecule has 2 N–H and O–H groups in total. The Balaban J connectivity index is 1.83. The van der Waals surface area contributed by atoms with Gasteiger partial charge in [0.2, 0.25) is 0 Å². The van der Waals surface area contributed by atoms with Crippen molar-refractivity contribution in [1.29, 1.82) is 0 Å². The highest BCUT2D eigenvalue weighted by Crippen LogP contribution is 2.40. The van der Waals surface area contributed by atoms with E-state index in [-0.39, 0.29) is 12.2 Å². The molecule has 0 aromatic heterocycles. The number of rotatable bonds is 10. The summed E-state index contributed by atoms with van der Waals surface area (Å²) in [5.41, 5.74) is 3.81. The van der Waals surface area contributed by atoms with E-state index in [9.17, 15) is 23.1 Å². The molecule has 3 rings (SSSR count). The number of hydrogen-bond donors (Lipinski definition) is 2. The normalized spacial score (nSPS) is 20.2. The second kappa shape index (κ2) is 13.4. The molecule has 0 amide bonds. The Kier molecular flexibility index (Phi) is 10.4. The van der Waals surface area contributed by atoms with Crippen molar-refractivity contribution in [2.75, 3.05) is 5.32 Å². The lowest BCUT2D eigenvalue weighted by Gasteiger charge is -2.37. The van der Waals surface area contributed by atoms with Crippen LogP contribution in [0.5, 0.6) is 5.75 Å². The van der Waals surface area contributed by atoms with Crippen molar-refractivity contribution >= 4 is 23.2 Å². The maximum Gasteiger partial charge on any atom is 0.573 e. The van der Waals surface area contributed by atoms with E-state index in [1.807, 2.05) is 26.0 Å². The van der Waals surface area contributed by atoms with Gasteiger partial charge in [-0.25, -0.2) is 4.99 Å². The summed E-state index contributed by atoms with van der Waals surface area (Å²) in [5.74, 6) is 2.26. The van der Waals surface area contributed by atoms with E-state index in [4.69, 9.17) is 4.99 Å². The Morgan fingerprint density at radius 3 is 2.44 bits per heavy atom. The Bertz CT molecular complexity index is 1140. The SMILES string of the molecule is Cc1cc(C)c(N=C(CCCC2C[C@H](C)CC[C@H]2C(C)C)Nc2ccc(OC(F)(F)F)cc2)cc1CC(=O)O. The number of nitrogens with zero attached hydrogens (tertiary/aromatic N) is 1. The van der Waals surface area contributed by atoms with Crippen LogP contribution >= 0.6 is 0 Å². The summed E-state index contributed by atoms with van der Waals surface area (Å²) in [6.45, 7) is 10.8. The van der Waals surface area contributed by atoms with Crippen LogP contribution in [-0.4, -0.2) is 23.3 Å². The van der Waals surface area contributed by atoms with Gasteiger partial charge in [0, 0.05) is 12.1 Å². The van der Waals surface area contributed by atoms with Crippen LogP contribution < -0.4 is 10.1 Å². The quantitative estimate of drug-likeness (QED) is 0.231. The van der Waals surface area contributed by atoms with Gasteiger partial charge in [0.15, 0.2) is 0 Å². The number of amidine groups is 1. The summed E-state index contributed by atoms with van der Waals surface area (Å²) in [6, 6.07) is 9.36. The van der Waals surface area contributed by atoms with Crippen molar-refractivity contribution in [2.45, 2.75) is 85.9 Å². The zero-order chi connectivity index (χ0) is 28.7. The molecule has 2 aromatic rings. The standard InChI is InChI=1S/C31H41F3N2O3/c1-19(2)27-14-9-20(3)15-23(27)7-6-8-29(35-25-10-12-26(13-11-25)39-31(32,33)34)36-28-17-24(18-30(37)38)21(4)16-22(28)5/h10-13,16-17,19-20,23,27H,6-9,14-15,18H2,1-5H3,(H,35,36)(H,37,38)/t20-,23?,27+/m1/s1. The van der Waals surface area contributed by atoms with Crippen molar-refractivity contribution in [3.63, 3.8) is 0 Å². The Morgan fingerprint density at radius 2 is 1.82 bits per heavy atom. The van der Waals surface area contributed by atoms with Gasteiger partial charge in [-0.3, -0.25) is 4.79 Å². The van der Waals surface area contributed by atoms with Crippen LogP contribution in [0.2, 0.25) is 0 Å². The number of carboxylic acids is 1. The summed E-state index contributed by atoms with van der Waals surface area (Å²) < 4.78 is 41.7. The van der Waals surface area contributed by atoms with Gasteiger partial charge in [-0.2, -0.15) is 0 Å². The third-order valence-corrected chi connectivity index (χ3v) is 7.78. The minimum atomic E-state index is -4.75. The van der Waals surface area contributed by atoms with Crippen molar-refractivity contribution in [3.05, 3.63) is 53.1 Å². The highest BCUT2D eigenvalue weighted by molar-refractivity contribution is 5.97. The fourth-order valence-electron chi connectivity index (χ4n) is 5.82. The van der Waals surface area contributed by atoms with Gasteiger partial charge < -0.3 is 15.2 Å². The van der Waals surface area contributed by atoms with Gasteiger partial charge in [-0.15, -0.1) is 13.2 Å². The fourth-order valence-corrected chi connectivity index (χ4v) is 5.82. The van der Waals surface area contributed by atoms with Crippen LogP contribution in [0.1, 0.15) is 76.0 Å². The first-order valence-corrected chi connectivity index (χ1v) is 13.8. The maximum absolute atomic E-state index is 12.6. The summed E-state index contributed by atoms with van der Waals surface area (Å²) >= 11 is 0. The molecular weight excluding hydrogens is 505 g/mol. The van der Waals surface area contributed by atoms with E-state index < -0.39 is 12.3 Å². The minimum absolute atomic E-state index is 0.0888. The molecule has 0 heterocycles. The Morgan fingerprint density at radius 1 is 1.13 bits per heavy atom. The molecule has 0 radical (unpaired) electrons. The van der Waals surface area contributed by atoms with E-state index >= 15 is 0 Å². The van der Waals surface area contributed by atoms with Crippen molar-refractivity contribution in [2.24, 2.45) is 28.7 Å². The zero-order valence-corrected chi connectivity index (χ0v) is 23.6. The second-order valence-corrected chi connectivity index (χ2v) is 11.4. The Labute approximate surface area is 229 Å². The van der Waals surface area contributed by atoms with Crippen molar-refractivity contribution < 1.29 is 27.8 Å². The van der Waals surface area contributed by atoms with Crippen LogP contribution in [0.3, 0.4) is 0 Å². The minimum Gasteiger partial charge on any atom is -0.481 e. The molecule has 214 valence electrons. The lowest BCUT2D eigenvalue weighted by Crippen LogP contribution is -2.27. The van der Waals surface area contributed by atoms with E-state index in [1.54, 1.807) is 0 Å². The molecule has 0 aliphatic heterocycles. The average Bonchev–Trinajstić information content (AvgIpc) is 2.82. The first-order chi connectivity index (χ1) is 18.3. The van der Waals surface area contributed by atoms with E-state index in [1.165, 1.54) is 43.5 Å². The molecule has 2 aromatic carbocycles. The van der Waals surface area contributed by atoms with Gasteiger partial charge in [-0.1, -0.05) is 33.3 Å². The largest absolute Gasteiger partial charge is 0.573 e. The van der Waals surface area contributed by atoms with Gasteiger partial charge >= 0.3 is 12.3 Å². The van der Waals surface area contributed by atoms with E-state index in [2.05, 4.69) is 30.8 Å². The molecule has 1 fully saturated rings. The number of benzene rings is 2. The fraction of sp³-hybridized carbons (Fsp3) is 0.548. The van der Waals surface area contributed by atoms with Gasteiger partial charge in [0.1, 0.15) is 11.6 Å². The first-order valence-electron chi connectivity index (χ1n) is 13.8. The average molecular weight is 547 g/mol. The van der Waals surface area contributed by atoms with Crippen LogP contribution in [-0.2, 0) is 11.2 Å². The first kappa shape index (κ1) is 30.5. The van der Waals surface area contributed by atoms with Crippen LogP contribution in [0, 0.1) is 37.5 Å². The predicted octanol–water partition coefficient (Wildman–Crippen LogP) is 8.85. The maximum atomic E-state index is 12.6. The van der Waals surface area contributed by atoms with E-state index in [0.29, 0.717) is 46.9 Å². The number of carbonyl (C=O) groups is 1. The van der Waals surface area contributed by atoms with Crippen molar-refractivity contribution in [3.8, 4) is 5.75 Å².